The Morgan fingerprint density at radius 2 is 2.16 bits per heavy atom. The number of halogens is 1. The molecule has 1 fully saturated rings. The Balaban J connectivity index is 1.76. The summed E-state index contributed by atoms with van der Waals surface area (Å²) < 4.78 is 51.6. The van der Waals surface area contributed by atoms with Crippen molar-refractivity contribution in [2.45, 2.75) is 44.6 Å². The van der Waals surface area contributed by atoms with Crippen LogP contribution < -0.4 is 4.74 Å². The molecule has 0 aromatic carbocycles. The summed E-state index contributed by atoms with van der Waals surface area (Å²) in [5, 5.41) is 3.69. The molecule has 1 aliphatic rings. The predicted octanol–water partition coefficient (Wildman–Crippen LogP) is 1.62. The number of nitrogens with zero attached hydrogens (tertiary/aromatic N) is 4. The number of hydrogen-bond acceptors (Lipinski definition) is 7. The van der Waals surface area contributed by atoms with E-state index < -0.39 is 21.9 Å². The van der Waals surface area contributed by atoms with Crippen LogP contribution in [0.3, 0.4) is 0 Å². The first-order valence-electron chi connectivity index (χ1n) is 7.93. The summed E-state index contributed by atoms with van der Waals surface area (Å²) in [6, 6.07) is 0. The van der Waals surface area contributed by atoms with E-state index in [0.29, 0.717) is 18.5 Å². The molecule has 3 heterocycles. The Kier molecular flexibility index (Phi) is 4.74. The second-order valence-electron chi connectivity index (χ2n) is 5.84. The van der Waals surface area contributed by atoms with Crippen LogP contribution in [0.2, 0.25) is 0 Å². The average Bonchev–Trinajstić information content (AvgIpc) is 3.17. The van der Waals surface area contributed by atoms with E-state index >= 15 is 0 Å². The van der Waals surface area contributed by atoms with Crippen molar-refractivity contribution in [1.82, 2.24) is 19.4 Å². The zero-order valence-corrected chi connectivity index (χ0v) is 15.0. The van der Waals surface area contributed by atoms with Gasteiger partial charge in [-0.25, -0.2) is 13.4 Å². The highest BCUT2D eigenvalue weighted by Crippen LogP contribution is 2.28. The van der Waals surface area contributed by atoms with Crippen molar-refractivity contribution >= 4 is 10.0 Å². The summed E-state index contributed by atoms with van der Waals surface area (Å²) in [5.74, 6) is -0.498. The van der Waals surface area contributed by atoms with Crippen molar-refractivity contribution in [1.29, 1.82) is 0 Å². The van der Waals surface area contributed by atoms with E-state index in [4.69, 9.17) is 9.26 Å². The van der Waals surface area contributed by atoms with Gasteiger partial charge in [0.15, 0.2) is 5.76 Å². The van der Waals surface area contributed by atoms with Gasteiger partial charge in [0.05, 0.1) is 12.2 Å². The van der Waals surface area contributed by atoms with Crippen LogP contribution in [-0.4, -0.2) is 47.0 Å². The zero-order chi connectivity index (χ0) is 18.2. The Bertz CT molecular complexity index is 864. The van der Waals surface area contributed by atoms with Gasteiger partial charge in [0, 0.05) is 6.54 Å². The van der Waals surface area contributed by atoms with E-state index in [2.05, 4.69) is 15.1 Å². The summed E-state index contributed by atoms with van der Waals surface area (Å²) in [7, 11) is -3.73. The first-order chi connectivity index (χ1) is 11.8. The van der Waals surface area contributed by atoms with Crippen LogP contribution in [0.15, 0.2) is 15.7 Å². The highest BCUT2D eigenvalue weighted by atomic mass is 32.2. The van der Waals surface area contributed by atoms with Crippen molar-refractivity contribution in [3.8, 4) is 5.88 Å². The van der Waals surface area contributed by atoms with Gasteiger partial charge in [0.25, 0.3) is 5.88 Å². The molecular formula is C15H19FN4O4S. The Hall–Kier alpha value is -2.07. The van der Waals surface area contributed by atoms with Crippen molar-refractivity contribution in [2.24, 2.45) is 0 Å². The molecule has 0 saturated carbocycles. The smallest absolute Gasteiger partial charge is 0.254 e. The molecule has 0 spiro atoms. The molecule has 0 radical (unpaired) electrons. The third-order valence-electron chi connectivity index (χ3n) is 4.12. The molecule has 0 bridgehead atoms. The number of rotatable bonds is 5. The molecule has 0 N–H and O–H groups in total. The van der Waals surface area contributed by atoms with E-state index in [0.717, 1.165) is 0 Å². The first kappa shape index (κ1) is 17.7. The van der Waals surface area contributed by atoms with Gasteiger partial charge in [-0.05, 0) is 26.7 Å². The third kappa shape index (κ3) is 3.23. The van der Waals surface area contributed by atoms with E-state index in [-0.39, 0.29) is 35.3 Å². The topological polar surface area (TPSA) is 98.4 Å². The second kappa shape index (κ2) is 6.68. The van der Waals surface area contributed by atoms with E-state index in [1.165, 1.54) is 10.6 Å². The summed E-state index contributed by atoms with van der Waals surface area (Å²) >= 11 is 0. The lowest BCUT2D eigenvalue weighted by Gasteiger charge is -2.17. The predicted molar refractivity (Wildman–Crippen MR) is 85.1 cm³/mol. The van der Waals surface area contributed by atoms with Gasteiger partial charge in [0.2, 0.25) is 15.8 Å². The van der Waals surface area contributed by atoms with E-state index in [9.17, 15) is 12.8 Å². The summed E-state index contributed by atoms with van der Waals surface area (Å²) in [6.07, 6.45) is 1.62. The van der Waals surface area contributed by atoms with Crippen LogP contribution in [0, 0.1) is 19.7 Å². The van der Waals surface area contributed by atoms with Crippen molar-refractivity contribution in [3.05, 3.63) is 29.3 Å². The second-order valence-corrected chi connectivity index (χ2v) is 7.71. The Morgan fingerprint density at radius 1 is 1.40 bits per heavy atom. The van der Waals surface area contributed by atoms with Gasteiger partial charge in [-0.15, -0.1) is 0 Å². The van der Waals surface area contributed by atoms with Crippen LogP contribution in [-0.2, 0) is 16.4 Å². The molecule has 10 heteroatoms. The molecule has 1 atom stereocenters. The van der Waals surface area contributed by atoms with Crippen LogP contribution in [0.5, 0.6) is 5.88 Å². The van der Waals surface area contributed by atoms with Gasteiger partial charge >= 0.3 is 0 Å². The third-order valence-corrected chi connectivity index (χ3v) is 6.23. The van der Waals surface area contributed by atoms with Gasteiger partial charge in [-0.1, -0.05) is 12.1 Å². The minimum Gasteiger partial charge on any atom is -0.471 e. The number of aryl methyl sites for hydroxylation is 3. The SMILES string of the molecule is CCc1ncnc(O[C@H]2CCN(S(=O)(=O)c3c(C)noc3C)C2)c1F. The molecule has 0 unspecified atom stereocenters. The molecular weight excluding hydrogens is 351 g/mol. The molecule has 1 aliphatic heterocycles. The lowest BCUT2D eigenvalue weighted by Crippen LogP contribution is -2.31. The maximum atomic E-state index is 14.2. The molecule has 0 aliphatic carbocycles. The van der Waals surface area contributed by atoms with Gasteiger partial charge < -0.3 is 9.26 Å². The summed E-state index contributed by atoms with van der Waals surface area (Å²) in [4.78, 5) is 7.74. The summed E-state index contributed by atoms with van der Waals surface area (Å²) in [6.45, 7) is 5.29. The standard InChI is InChI=1S/C15H19FN4O4S/c1-4-12-13(16)15(18-8-17-12)23-11-5-6-20(7-11)25(21,22)14-9(2)19-24-10(14)3/h8,11H,4-7H2,1-3H3/t11-/m0/s1. The number of hydrogen-bond donors (Lipinski definition) is 0. The number of aromatic nitrogens is 3. The van der Waals surface area contributed by atoms with Crippen molar-refractivity contribution in [2.75, 3.05) is 13.1 Å². The lowest BCUT2D eigenvalue weighted by molar-refractivity contribution is 0.195. The minimum absolute atomic E-state index is 0.0784. The molecule has 3 rings (SSSR count). The lowest BCUT2D eigenvalue weighted by atomic mass is 10.3. The Morgan fingerprint density at radius 3 is 2.80 bits per heavy atom. The van der Waals surface area contributed by atoms with Crippen LogP contribution in [0.1, 0.15) is 30.5 Å². The fourth-order valence-corrected chi connectivity index (χ4v) is 4.64. The van der Waals surface area contributed by atoms with E-state index in [1.807, 2.05) is 0 Å². The number of ether oxygens (including phenoxy) is 1. The Labute approximate surface area is 145 Å². The zero-order valence-electron chi connectivity index (χ0n) is 14.2. The molecule has 1 saturated heterocycles. The van der Waals surface area contributed by atoms with Gasteiger partial charge in [-0.2, -0.15) is 13.7 Å². The molecule has 2 aromatic heterocycles. The molecule has 8 nitrogen and oxygen atoms in total. The van der Waals surface area contributed by atoms with E-state index in [1.54, 1.807) is 20.8 Å². The number of sulfonamides is 1. The summed E-state index contributed by atoms with van der Waals surface area (Å²) in [5.41, 5.74) is 0.583. The fraction of sp³-hybridized carbons (Fsp3) is 0.533. The molecule has 2 aromatic rings. The highest BCUT2D eigenvalue weighted by molar-refractivity contribution is 7.89. The maximum absolute atomic E-state index is 14.2. The van der Waals surface area contributed by atoms with Gasteiger partial charge in [-0.3, -0.25) is 0 Å². The molecule has 25 heavy (non-hydrogen) atoms. The average molecular weight is 370 g/mol. The normalized spacial score (nSPS) is 18.6. The monoisotopic (exact) mass is 370 g/mol. The maximum Gasteiger partial charge on any atom is 0.254 e. The quantitative estimate of drug-likeness (QED) is 0.789. The largest absolute Gasteiger partial charge is 0.471 e. The van der Waals surface area contributed by atoms with Crippen molar-refractivity contribution < 1.29 is 22.1 Å². The van der Waals surface area contributed by atoms with Gasteiger partial charge in [0.1, 0.15) is 23.0 Å². The van der Waals surface area contributed by atoms with Crippen LogP contribution >= 0.6 is 0 Å². The fourth-order valence-electron chi connectivity index (χ4n) is 2.86. The highest BCUT2D eigenvalue weighted by Gasteiger charge is 2.37. The minimum atomic E-state index is -3.73. The van der Waals surface area contributed by atoms with Crippen LogP contribution in [0.4, 0.5) is 4.39 Å². The molecule has 0 amide bonds. The van der Waals surface area contributed by atoms with Crippen LogP contribution in [0.25, 0.3) is 0 Å². The van der Waals surface area contributed by atoms with Crippen molar-refractivity contribution in [3.63, 3.8) is 0 Å². The molecule has 136 valence electrons. The first-order valence-corrected chi connectivity index (χ1v) is 9.37.